The van der Waals surface area contributed by atoms with Crippen molar-refractivity contribution in [3.05, 3.63) is 28.8 Å². The minimum absolute atomic E-state index is 0.0400. The maximum Gasteiger partial charge on any atom is 0.119 e. The molecule has 0 heterocycles. The van der Waals surface area contributed by atoms with E-state index >= 15 is 0 Å². The Morgan fingerprint density at radius 3 is 2.29 bits per heavy atom. The van der Waals surface area contributed by atoms with Crippen LogP contribution in [-0.4, -0.2) is 5.11 Å². The summed E-state index contributed by atoms with van der Waals surface area (Å²) in [5, 5.41) is 9.81. The number of aryl methyl sites for hydroxylation is 1. The molecule has 0 spiro atoms. The van der Waals surface area contributed by atoms with Gasteiger partial charge >= 0.3 is 0 Å². The molecular weight excluding hydrogens is 174 g/mol. The topological polar surface area (TPSA) is 46.2 Å². The fourth-order valence-electron chi connectivity index (χ4n) is 1.56. The summed E-state index contributed by atoms with van der Waals surface area (Å²) in [7, 11) is 0. The minimum Gasteiger partial charge on any atom is -0.508 e. The maximum absolute atomic E-state index is 9.81. The Balaban J connectivity index is 3.32. The van der Waals surface area contributed by atoms with Gasteiger partial charge in [-0.2, -0.15) is 0 Å². The van der Waals surface area contributed by atoms with E-state index in [4.69, 9.17) is 5.73 Å². The van der Waals surface area contributed by atoms with Crippen LogP contribution in [0.3, 0.4) is 0 Å². The monoisotopic (exact) mass is 193 g/mol. The first-order valence-electron chi connectivity index (χ1n) is 4.89. The predicted octanol–water partition coefficient (Wildman–Crippen LogP) is 2.46. The highest BCUT2D eigenvalue weighted by Gasteiger charge is 2.18. The van der Waals surface area contributed by atoms with Gasteiger partial charge in [0.05, 0.1) is 0 Å². The number of aromatic hydroxyl groups is 1. The molecule has 0 aliphatic heterocycles. The number of phenolic OH excluding ortho intramolecular Hbond substituents is 1. The minimum atomic E-state index is -0.0400. The van der Waals surface area contributed by atoms with Crippen LogP contribution in [0.2, 0.25) is 0 Å². The van der Waals surface area contributed by atoms with Gasteiger partial charge in [-0.3, -0.25) is 0 Å². The smallest absolute Gasteiger partial charge is 0.119 e. The average Bonchev–Trinajstić information content (AvgIpc) is 2.02. The number of rotatable bonds is 1. The molecule has 0 aliphatic carbocycles. The SMILES string of the molecule is Cc1cc(O)c(C(C)(C)C)cc1CN. The molecule has 0 bridgehead atoms. The Morgan fingerprint density at radius 1 is 1.29 bits per heavy atom. The second kappa shape index (κ2) is 3.62. The lowest BCUT2D eigenvalue weighted by Gasteiger charge is -2.22. The molecular formula is C12H19NO. The van der Waals surface area contributed by atoms with E-state index in [2.05, 4.69) is 20.8 Å². The highest BCUT2D eigenvalue weighted by molar-refractivity contribution is 5.44. The number of hydrogen-bond donors (Lipinski definition) is 2. The summed E-state index contributed by atoms with van der Waals surface area (Å²) in [4.78, 5) is 0. The zero-order chi connectivity index (χ0) is 10.9. The van der Waals surface area contributed by atoms with Gasteiger partial charge in [0.15, 0.2) is 0 Å². The van der Waals surface area contributed by atoms with Crippen molar-refractivity contribution in [3.63, 3.8) is 0 Å². The largest absolute Gasteiger partial charge is 0.508 e. The van der Waals surface area contributed by atoms with Crippen LogP contribution in [0.5, 0.6) is 5.75 Å². The van der Waals surface area contributed by atoms with Gasteiger partial charge in [0, 0.05) is 6.54 Å². The molecule has 0 saturated heterocycles. The lowest BCUT2D eigenvalue weighted by Crippen LogP contribution is -2.13. The van der Waals surface area contributed by atoms with Gasteiger partial charge in [-0.1, -0.05) is 26.8 Å². The van der Waals surface area contributed by atoms with E-state index < -0.39 is 0 Å². The molecule has 0 fully saturated rings. The second-order valence-electron chi connectivity index (χ2n) is 4.75. The third-order valence-corrected chi connectivity index (χ3v) is 2.48. The van der Waals surface area contributed by atoms with Crippen LogP contribution < -0.4 is 5.73 Å². The lowest BCUT2D eigenvalue weighted by atomic mass is 9.84. The Morgan fingerprint density at radius 2 is 1.86 bits per heavy atom. The predicted molar refractivity (Wildman–Crippen MR) is 59.4 cm³/mol. The van der Waals surface area contributed by atoms with E-state index in [1.165, 1.54) is 0 Å². The molecule has 78 valence electrons. The summed E-state index contributed by atoms with van der Waals surface area (Å²) in [6.07, 6.45) is 0. The molecule has 1 aromatic carbocycles. The van der Waals surface area contributed by atoms with Crippen LogP contribution in [0.4, 0.5) is 0 Å². The lowest BCUT2D eigenvalue weighted by molar-refractivity contribution is 0.446. The summed E-state index contributed by atoms with van der Waals surface area (Å²) in [6, 6.07) is 3.80. The van der Waals surface area contributed by atoms with Gasteiger partial charge in [-0.05, 0) is 35.1 Å². The van der Waals surface area contributed by atoms with Gasteiger partial charge in [-0.15, -0.1) is 0 Å². The number of phenols is 1. The average molecular weight is 193 g/mol. The van der Waals surface area contributed by atoms with Gasteiger partial charge < -0.3 is 10.8 Å². The van der Waals surface area contributed by atoms with Crippen LogP contribution in [0, 0.1) is 6.92 Å². The molecule has 2 nitrogen and oxygen atoms in total. The summed E-state index contributed by atoms with van der Waals surface area (Å²) >= 11 is 0. The molecule has 0 aliphatic rings. The van der Waals surface area contributed by atoms with Crippen molar-refractivity contribution in [1.29, 1.82) is 0 Å². The van der Waals surface area contributed by atoms with Crippen molar-refractivity contribution >= 4 is 0 Å². The zero-order valence-electron chi connectivity index (χ0n) is 9.39. The number of hydrogen-bond acceptors (Lipinski definition) is 2. The molecule has 2 heteroatoms. The van der Waals surface area contributed by atoms with Crippen molar-refractivity contribution in [2.75, 3.05) is 0 Å². The Bertz CT molecular complexity index is 337. The van der Waals surface area contributed by atoms with Crippen molar-refractivity contribution < 1.29 is 5.11 Å². The maximum atomic E-state index is 9.81. The van der Waals surface area contributed by atoms with E-state index in [1.54, 1.807) is 6.07 Å². The third-order valence-electron chi connectivity index (χ3n) is 2.48. The first-order chi connectivity index (χ1) is 6.36. The molecule has 0 saturated carbocycles. The molecule has 1 rings (SSSR count). The number of nitrogens with two attached hydrogens (primary N) is 1. The fraction of sp³-hybridized carbons (Fsp3) is 0.500. The van der Waals surface area contributed by atoms with Crippen LogP contribution in [0.25, 0.3) is 0 Å². The van der Waals surface area contributed by atoms with Gasteiger partial charge in [0.1, 0.15) is 5.75 Å². The van der Waals surface area contributed by atoms with E-state index in [0.717, 1.165) is 16.7 Å². The molecule has 0 aromatic heterocycles. The molecule has 0 amide bonds. The third kappa shape index (κ3) is 2.07. The van der Waals surface area contributed by atoms with E-state index in [-0.39, 0.29) is 5.41 Å². The van der Waals surface area contributed by atoms with Crippen LogP contribution in [0.15, 0.2) is 12.1 Å². The zero-order valence-corrected chi connectivity index (χ0v) is 9.39. The Labute approximate surface area is 85.8 Å². The summed E-state index contributed by atoms with van der Waals surface area (Å²) in [6.45, 7) is 8.73. The second-order valence-corrected chi connectivity index (χ2v) is 4.75. The van der Waals surface area contributed by atoms with E-state index in [1.807, 2.05) is 13.0 Å². The molecule has 0 radical (unpaired) electrons. The van der Waals surface area contributed by atoms with E-state index in [9.17, 15) is 5.11 Å². The van der Waals surface area contributed by atoms with Crippen molar-refractivity contribution in [1.82, 2.24) is 0 Å². The van der Waals surface area contributed by atoms with Crippen LogP contribution >= 0.6 is 0 Å². The molecule has 14 heavy (non-hydrogen) atoms. The molecule has 0 atom stereocenters. The Kier molecular flexibility index (Phi) is 2.86. The molecule has 1 aromatic rings. The normalized spacial score (nSPS) is 11.8. The van der Waals surface area contributed by atoms with Crippen molar-refractivity contribution in [3.8, 4) is 5.75 Å². The first kappa shape index (κ1) is 11.1. The molecule has 3 N–H and O–H groups in total. The Hall–Kier alpha value is -1.02. The highest BCUT2D eigenvalue weighted by atomic mass is 16.3. The quantitative estimate of drug-likeness (QED) is 0.719. The van der Waals surface area contributed by atoms with Crippen LogP contribution in [-0.2, 0) is 12.0 Å². The van der Waals surface area contributed by atoms with Gasteiger partial charge in [0.25, 0.3) is 0 Å². The van der Waals surface area contributed by atoms with Crippen molar-refractivity contribution in [2.24, 2.45) is 5.73 Å². The summed E-state index contributed by atoms with van der Waals surface area (Å²) in [5.41, 5.74) is 8.71. The summed E-state index contributed by atoms with van der Waals surface area (Å²) < 4.78 is 0. The van der Waals surface area contributed by atoms with Gasteiger partial charge in [-0.25, -0.2) is 0 Å². The fourth-order valence-corrected chi connectivity index (χ4v) is 1.56. The van der Waals surface area contributed by atoms with Gasteiger partial charge in [0.2, 0.25) is 0 Å². The van der Waals surface area contributed by atoms with Crippen molar-refractivity contribution in [2.45, 2.75) is 39.7 Å². The van der Waals surface area contributed by atoms with E-state index in [0.29, 0.717) is 12.3 Å². The summed E-state index contributed by atoms with van der Waals surface area (Å²) in [5.74, 6) is 0.368. The molecule has 0 unspecified atom stereocenters. The standard InChI is InChI=1S/C12H19NO/c1-8-5-11(14)10(12(2,3)4)6-9(8)7-13/h5-6,14H,7,13H2,1-4H3. The van der Waals surface area contributed by atoms with Crippen LogP contribution in [0.1, 0.15) is 37.5 Å². The first-order valence-corrected chi connectivity index (χ1v) is 4.89. The number of benzene rings is 1. The highest BCUT2D eigenvalue weighted by Crippen LogP contribution is 2.32.